The number of rotatable bonds is 5. The molecule has 0 saturated heterocycles. The Labute approximate surface area is 313 Å². The first-order chi connectivity index (χ1) is 26.8. The zero-order valence-corrected chi connectivity index (χ0v) is 29.5. The van der Waals surface area contributed by atoms with Crippen molar-refractivity contribution in [3.8, 4) is 44.8 Å². The number of benzene rings is 9. The van der Waals surface area contributed by atoms with Crippen molar-refractivity contribution in [2.45, 2.75) is 0 Å². The van der Waals surface area contributed by atoms with E-state index in [4.69, 9.17) is 0 Å². The number of hydrogen-bond acceptors (Lipinski definition) is 0. The maximum absolute atomic E-state index is 2.48. The smallest absolute Gasteiger partial charge is 0.0788 e. The minimum atomic E-state index is 1.13. The molecular weight excluding hydrogens is 653 g/mol. The second-order valence-corrected chi connectivity index (χ2v) is 14.2. The van der Waals surface area contributed by atoms with E-state index in [2.05, 4.69) is 215 Å². The normalized spacial score (nSPS) is 11.7. The fourth-order valence-electron chi connectivity index (χ4n) is 8.54. The van der Waals surface area contributed by atoms with Crippen LogP contribution < -0.4 is 0 Å². The van der Waals surface area contributed by atoms with Gasteiger partial charge in [0, 0.05) is 32.9 Å². The second-order valence-electron chi connectivity index (χ2n) is 14.2. The first kappa shape index (κ1) is 30.5. The van der Waals surface area contributed by atoms with Gasteiger partial charge in [-0.25, -0.2) is 0 Å². The van der Waals surface area contributed by atoms with Crippen molar-refractivity contribution in [3.05, 3.63) is 206 Å². The molecular formula is C52H34N2. The summed E-state index contributed by atoms with van der Waals surface area (Å²) in [5.41, 5.74) is 14.3. The first-order valence-corrected chi connectivity index (χ1v) is 18.6. The minimum Gasteiger partial charge on any atom is -0.307 e. The SMILES string of the molecule is c1ccc(-c2cc(-c3ccccc3)cc(-c3ccc(-n4c5ccccc5c5ccc6c7ccccc7n(-c7ccc8ccccc8c7)c6c54)cc3)c2)cc1. The molecule has 0 atom stereocenters. The van der Waals surface area contributed by atoms with Crippen molar-refractivity contribution in [2.24, 2.45) is 0 Å². The third kappa shape index (κ3) is 4.81. The van der Waals surface area contributed by atoms with Gasteiger partial charge in [0.05, 0.1) is 22.1 Å². The van der Waals surface area contributed by atoms with E-state index >= 15 is 0 Å². The summed E-state index contributed by atoms with van der Waals surface area (Å²) in [5, 5.41) is 7.47. The summed E-state index contributed by atoms with van der Waals surface area (Å²) in [7, 11) is 0. The Morgan fingerprint density at radius 1 is 0.241 bits per heavy atom. The molecule has 0 saturated carbocycles. The molecule has 0 spiro atoms. The maximum Gasteiger partial charge on any atom is 0.0788 e. The van der Waals surface area contributed by atoms with Gasteiger partial charge in [-0.05, 0) is 98.8 Å². The monoisotopic (exact) mass is 686 g/mol. The van der Waals surface area contributed by atoms with Crippen LogP contribution in [0.1, 0.15) is 0 Å². The Morgan fingerprint density at radius 2 is 0.667 bits per heavy atom. The van der Waals surface area contributed by atoms with Crippen LogP contribution in [0.2, 0.25) is 0 Å². The van der Waals surface area contributed by atoms with Crippen LogP contribution in [-0.2, 0) is 0 Å². The molecule has 0 radical (unpaired) electrons. The number of aromatic nitrogens is 2. The minimum absolute atomic E-state index is 1.13. The van der Waals surface area contributed by atoms with Crippen LogP contribution in [0.15, 0.2) is 206 Å². The summed E-state index contributed by atoms with van der Waals surface area (Å²) in [4.78, 5) is 0. The lowest BCUT2D eigenvalue weighted by atomic mass is 9.93. The molecule has 0 bridgehead atoms. The molecule has 54 heavy (non-hydrogen) atoms. The third-order valence-corrected chi connectivity index (χ3v) is 11.1. The van der Waals surface area contributed by atoms with Crippen LogP contribution in [0, 0.1) is 0 Å². The molecule has 2 aromatic heterocycles. The fourth-order valence-corrected chi connectivity index (χ4v) is 8.54. The molecule has 0 aliphatic rings. The van der Waals surface area contributed by atoms with Gasteiger partial charge >= 0.3 is 0 Å². The van der Waals surface area contributed by atoms with Gasteiger partial charge in [-0.3, -0.25) is 0 Å². The highest BCUT2D eigenvalue weighted by Gasteiger charge is 2.21. The van der Waals surface area contributed by atoms with E-state index in [-0.39, 0.29) is 0 Å². The highest BCUT2D eigenvalue weighted by Crippen LogP contribution is 2.42. The highest BCUT2D eigenvalue weighted by molar-refractivity contribution is 6.23. The predicted octanol–water partition coefficient (Wildman–Crippen LogP) is 14.0. The second kappa shape index (κ2) is 12.2. The molecule has 11 rings (SSSR count). The van der Waals surface area contributed by atoms with Crippen molar-refractivity contribution >= 4 is 54.4 Å². The molecule has 0 amide bonds. The summed E-state index contributed by atoms with van der Waals surface area (Å²) < 4.78 is 4.95. The van der Waals surface area contributed by atoms with E-state index in [1.807, 2.05) is 0 Å². The largest absolute Gasteiger partial charge is 0.307 e. The fraction of sp³-hybridized carbons (Fsp3) is 0. The van der Waals surface area contributed by atoms with Gasteiger partial charge in [0.15, 0.2) is 0 Å². The van der Waals surface area contributed by atoms with Crippen LogP contribution in [0.25, 0.3) is 99.1 Å². The van der Waals surface area contributed by atoms with Crippen molar-refractivity contribution < 1.29 is 0 Å². The number of fused-ring (bicyclic) bond motifs is 8. The number of hydrogen-bond donors (Lipinski definition) is 0. The lowest BCUT2D eigenvalue weighted by Crippen LogP contribution is -1.99. The molecule has 0 aliphatic carbocycles. The van der Waals surface area contributed by atoms with Crippen LogP contribution >= 0.6 is 0 Å². The van der Waals surface area contributed by atoms with E-state index in [0.29, 0.717) is 0 Å². The van der Waals surface area contributed by atoms with Gasteiger partial charge < -0.3 is 9.13 Å². The molecule has 2 nitrogen and oxygen atoms in total. The molecule has 0 fully saturated rings. The molecule has 2 heteroatoms. The van der Waals surface area contributed by atoms with Crippen molar-refractivity contribution in [1.29, 1.82) is 0 Å². The topological polar surface area (TPSA) is 9.86 Å². The Morgan fingerprint density at radius 3 is 1.22 bits per heavy atom. The average molecular weight is 687 g/mol. The molecule has 11 aromatic rings. The molecule has 2 heterocycles. The molecule has 0 unspecified atom stereocenters. The summed E-state index contributed by atoms with van der Waals surface area (Å²) in [6, 6.07) is 75.2. The van der Waals surface area contributed by atoms with Crippen molar-refractivity contribution in [2.75, 3.05) is 0 Å². The first-order valence-electron chi connectivity index (χ1n) is 18.6. The Bertz CT molecular complexity index is 3130. The van der Waals surface area contributed by atoms with Crippen LogP contribution in [0.3, 0.4) is 0 Å². The van der Waals surface area contributed by atoms with E-state index in [0.717, 1.165) is 11.4 Å². The van der Waals surface area contributed by atoms with Gasteiger partial charge in [-0.1, -0.05) is 152 Å². The average Bonchev–Trinajstić information content (AvgIpc) is 3.77. The van der Waals surface area contributed by atoms with E-state index in [1.165, 1.54) is 87.8 Å². The molecule has 0 N–H and O–H groups in total. The van der Waals surface area contributed by atoms with Crippen molar-refractivity contribution in [1.82, 2.24) is 9.13 Å². The van der Waals surface area contributed by atoms with Crippen LogP contribution in [-0.4, -0.2) is 9.13 Å². The Kier molecular flexibility index (Phi) is 6.90. The standard InChI is InChI=1S/C52H34N2/c1-3-13-35(14-4-1)40-31-41(36-15-5-2-6-16-36)33-42(32-40)38-23-26-43(27-24-38)53-49-21-11-9-19-45(49)47-29-30-48-46-20-10-12-22-50(46)54(52(48)51(47)53)44-28-25-37-17-7-8-18-39(37)34-44/h1-34H. The zero-order valence-electron chi connectivity index (χ0n) is 29.5. The maximum atomic E-state index is 2.48. The van der Waals surface area contributed by atoms with Gasteiger partial charge in [0.2, 0.25) is 0 Å². The summed E-state index contributed by atoms with van der Waals surface area (Å²) in [6.07, 6.45) is 0. The predicted molar refractivity (Wildman–Crippen MR) is 229 cm³/mol. The van der Waals surface area contributed by atoms with Gasteiger partial charge in [0.1, 0.15) is 0 Å². The number of para-hydroxylation sites is 2. The van der Waals surface area contributed by atoms with Crippen molar-refractivity contribution in [3.63, 3.8) is 0 Å². The van der Waals surface area contributed by atoms with E-state index < -0.39 is 0 Å². The van der Waals surface area contributed by atoms with Gasteiger partial charge in [-0.2, -0.15) is 0 Å². The summed E-state index contributed by atoms with van der Waals surface area (Å²) in [6.45, 7) is 0. The van der Waals surface area contributed by atoms with Gasteiger partial charge in [0.25, 0.3) is 0 Å². The van der Waals surface area contributed by atoms with E-state index in [1.54, 1.807) is 0 Å². The van der Waals surface area contributed by atoms with E-state index in [9.17, 15) is 0 Å². The molecule has 9 aromatic carbocycles. The summed E-state index contributed by atoms with van der Waals surface area (Å²) in [5.74, 6) is 0. The lowest BCUT2D eigenvalue weighted by Gasteiger charge is -2.14. The number of nitrogens with zero attached hydrogens (tertiary/aromatic N) is 2. The highest BCUT2D eigenvalue weighted by atomic mass is 15.0. The zero-order chi connectivity index (χ0) is 35.6. The molecule has 252 valence electrons. The van der Waals surface area contributed by atoms with Crippen LogP contribution in [0.5, 0.6) is 0 Å². The van der Waals surface area contributed by atoms with Crippen LogP contribution in [0.4, 0.5) is 0 Å². The third-order valence-electron chi connectivity index (χ3n) is 11.1. The Hall–Kier alpha value is -7.16. The van der Waals surface area contributed by atoms with Gasteiger partial charge in [-0.15, -0.1) is 0 Å². The molecule has 0 aliphatic heterocycles. The quantitative estimate of drug-likeness (QED) is 0.171. The summed E-state index contributed by atoms with van der Waals surface area (Å²) >= 11 is 0. The lowest BCUT2D eigenvalue weighted by molar-refractivity contribution is 1.15. The Balaban J connectivity index is 1.15.